The molecule has 1 saturated heterocycles. The highest BCUT2D eigenvalue weighted by molar-refractivity contribution is 7.09. The van der Waals surface area contributed by atoms with E-state index in [1.165, 1.54) is 7.11 Å². The van der Waals surface area contributed by atoms with Gasteiger partial charge in [-0.15, -0.1) is 11.3 Å². The molecule has 0 bridgehead atoms. The first kappa shape index (κ1) is 15.2. The molecule has 0 aromatic carbocycles. The molecule has 1 fully saturated rings. The summed E-state index contributed by atoms with van der Waals surface area (Å²) in [5, 5.41) is 1.38. The number of hydrogen-bond donors (Lipinski definition) is 0. The second kappa shape index (κ2) is 6.09. The number of aromatic nitrogens is 1. The predicted octanol–water partition coefficient (Wildman–Crippen LogP) is 2.69. The van der Waals surface area contributed by atoms with E-state index in [-0.39, 0.29) is 18.6 Å². The minimum absolute atomic E-state index is 0.251. The Balaban J connectivity index is 2.07. The van der Waals surface area contributed by atoms with Gasteiger partial charge < -0.3 is 4.74 Å². The van der Waals surface area contributed by atoms with Gasteiger partial charge in [-0.25, -0.2) is 4.98 Å². The van der Waals surface area contributed by atoms with E-state index >= 15 is 0 Å². The van der Waals surface area contributed by atoms with Crippen molar-refractivity contribution in [1.82, 2.24) is 9.88 Å². The Hall–Kier alpha value is -1.15. The number of alkyl halides is 3. The number of rotatable bonds is 3. The fraction of sp³-hybridized carbons (Fsp3) is 0.667. The predicted molar refractivity (Wildman–Crippen MR) is 67.2 cm³/mol. The lowest BCUT2D eigenvalue weighted by atomic mass is 10.0. The lowest BCUT2D eigenvalue weighted by molar-refractivity contribution is -0.148. The lowest BCUT2D eigenvalue weighted by Gasteiger charge is -2.32. The first-order chi connectivity index (χ1) is 9.41. The second-order valence-electron chi connectivity index (χ2n) is 4.63. The summed E-state index contributed by atoms with van der Waals surface area (Å²) in [6, 6.07) is -0.382. The maximum Gasteiger partial charge on any atom is 0.434 e. The molecule has 2 heterocycles. The Kier molecular flexibility index (Phi) is 4.64. The standard InChI is InChI=1S/C12H15F3N2O2S/c1-19-11(18)8-4-2-3-5-17(8)6-10-16-9(7-20-10)12(13,14)15/h7-8H,2-6H2,1H3/t8-/m1/s1. The third-order valence-corrected chi connectivity index (χ3v) is 4.10. The van der Waals surface area contributed by atoms with Crippen LogP contribution in [0.1, 0.15) is 30.0 Å². The highest BCUT2D eigenvalue weighted by Crippen LogP contribution is 2.31. The van der Waals surface area contributed by atoms with Crippen LogP contribution in [-0.2, 0) is 22.3 Å². The van der Waals surface area contributed by atoms with Crippen molar-refractivity contribution in [3.05, 3.63) is 16.1 Å². The average molecular weight is 308 g/mol. The summed E-state index contributed by atoms with van der Waals surface area (Å²) in [6.45, 7) is 0.918. The maximum absolute atomic E-state index is 12.5. The molecule has 0 unspecified atom stereocenters. The Bertz CT molecular complexity index is 476. The molecule has 0 amide bonds. The number of esters is 1. The van der Waals surface area contributed by atoms with Crippen molar-refractivity contribution in [2.45, 2.75) is 38.0 Å². The fourth-order valence-corrected chi connectivity index (χ4v) is 3.10. The second-order valence-corrected chi connectivity index (χ2v) is 5.57. The highest BCUT2D eigenvalue weighted by Gasteiger charge is 2.35. The van der Waals surface area contributed by atoms with Crippen molar-refractivity contribution in [2.75, 3.05) is 13.7 Å². The van der Waals surface area contributed by atoms with E-state index in [0.29, 0.717) is 18.0 Å². The van der Waals surface area contributed by atoms with Crippen LogP contribution in [0.3, 0.4) is 0 Å². The van der Waals surface area contributed by atoms with Gasteiger partial charge in [0.25, 0.3) is 0 Å². The summed E-state index contributed by atoms with van der Waals surface area (Å²) in [5.74, 6) is -0.336. The summed E-state index contributed by atoms with van der Waals surface area (Å²) in [6.07, 6.45) is -1.91. The molecule has 0 spiro atoms. The number of likely N-dealkylation sites (tertiary alicyclic amines) is 1. The summed E-state index contributed by atoms with van der Waals surface area (Å²) in [4.78, 5) is 17.1. The highest BCUT2D eigenvalue weighted by atomic mass is 32.1. The molecule has 8 heteroatoms. The number of piperidine rings is 1. The number of nitrogens with zero attached hydrogens (tertiary/aromatic N) is 2. The third kappa shape index (κ3) is 3.49. The van der Waals surface area contributed by atoms with E-state index in [9.17, 15) is 18.0 Å². The Labute approximate surface area is 118 Å². The molecule has 0 saturated carbocycles. The number of hydrogen-bond acceptors (Lipinski definition) is 5. The fourth-order valence-electron chi connectivity index (χ4n) is 2.27. The van der Waals surface area contributed by atoms with Crippen molar-refractivity contribution in [1.29, 1.82) is 0 Å². The van der Waals surface area contributed by atoms with Gasteiger partial charge >= 0.3 is 12.1 Å². The van der Waals surface area contributed by atoms with Gasteiger partial charge in [-0.05, 0) is 19.4 Å². The molecule has 1 aromatic rings. The van der Waals surface area contributed by atoms with Crippen molar-refractivity contribution in [3.63, 3.8) is 0 Å². The number of thiazole rings is 1. The molecule has 20 heavy (non-hydrogen) atoms. The average Bonchev–Trinajstić information content (AvgIpc) is 2.87. The summed E-state index contributed by atoms with van der Waals surface area (Å²) in [7, 11) is 1.32. The molecule has 112 valence electrons. The van der Waals surface area contributed by atoms with Crippen LogP contribution in [-0.4, -0.2) is 35.5 Å². The van der Waals surface area contributed by atoms with Crippen molar-refractivity contribution in [3.8, 4) is 0 Å². The number of carbonyl (C=O) groups excluding carboxylic acids is 1. The normalized spacial score (nSPS) is 20.9. The van der Waals surface area contributed by atoms with Gasteiger partial charge in [-0.3, -0.25) is 9.69 Å². The van der Waals surface area contributed by atoms with E-state index in [1.54, 1.807) is 0 Å². The molecule has 0 aliphatic carbocycles. The van der Waals surface area contributed by atoms with Crippen LogP contribution < -0.4 is 0 Å². The largest absolute Gasteiger partial charge is 0.468 e. The molecular formula is C12H15F3N2O2S. The number of ether oxygens (including phenoxy) is 1. The van der Waals surface area contributed by atoms with Crippen LogP contribution in [0.25, 0.3) is 0 Å². The zero-order valence-electron chi connectivity index (χ0n) is 10.9. The molecule has 4 nitrogen and oxygen atoms in total. The molecule has 1 atom stereocenters. The molecule has 1 aliphatic rings. The molecular weight excluding hydrogens is 293 g/mol. The van der Waals surface area contributed by atoms with Crippen molar-refractivity contribution < 1.29 is 22.7 Å². The third-order valence-electron chi connectivity index (χ3n) is 3.27. The Morgan fingerprint density at radius 1 is 1.55 bits per heavy atom. The summed E-state index contributed by atoms with van der Waals surface area (Å²) < 4.78 is 42.2. The number of carbonyl (C=O) groups is 1. The summed E-state index contributed by atoms with van der Waals surface area (Å²) in [5.41, 5.74) is -0.871. The van der Waals surface area contributed by atoms with Gasteiger partial charge in [0, 0.05) is 5.38 Å². The van der Waals surface area contributed by atoms with Crippen LogP contribution in [0.5, 0.6) is 0 Å². The number of methoxy groups -OCH3 is 1. The Morgan fingerprint density at radius 2 is 2.30 bits per heavy atom. The van der Waals surface area contributed by atoms with E-state index in [2.05, 4.69) is 4.98 Å². The molecule has 2 rings (SSSR count). The first-order valence-corrected chi connectivity index (χ1v) is 7.13. The van der Waals surface area contributed by atoms with Crippen LogP contribution in [0.4, 0.5) is 13.2 Å². The van der Waals surface area contributed by atoms with Crippen LogP contribution in [0.15, 0.2) is 5.38 Å². The van der Waals surface area contributed by atoms with E-state index < -0.39 is 11.9 Å². The SMILES string of the molecule is COC(=O)[C@H]1CCCCN1Cc1nc(C(F)(F)F)cs1. The molecule has 1 aromatic heterocycles. The Morgan fingerprint density at radius 3 is 2.90 bits per heavy atom. The van der Waals surface area contributed by atoms with Gasteiger partial charge in [0.15, 0.2) is 5.69 Å². The maximum atomic E-state index is 12.5. The minimum atomic E-state index is -4.42. The first-order valence-electron chi connectivity index (χ1n) is 6.25. The van der Waals surface area contributed by atoms with Crippen LogP contribution >= 0.6 is 11.3 Å². The topological polar surface area (TPSA) is 42.4 Å². The van der Waals surface area contributed by atoms with Crippen molar-refractivity contribution >= 4 is 17.3 Å². The zero-order chi connectivity index (χ0) is 14.8. The van der Waals surface area contributed by atoms with E-state index in [1.807, 2.05) is 4.90 Å². The monoisotopic (exact) mass is 308 g/mol. The molecule has 0 N–H and O–H groups in total. The zero-order valence-corrected chi connectivity index (χ0v) is 11.8. The van der Waals surface area contributed by atoms with Crippen molar-refractivity contribution in [2.24, 2.45) is 0 Å². The van der Waals surface area contributed by atoms with Gasteiger partial charge in [-0.2, -0.15) is 13.2 Å². The quantitative estimate of drug-likeness (QED) is 0.805. The summed E-state index contributed by atoms with van der Waals surface area (Å²) >= 11 is 0.967. The van der Waals surface area contributed by atoms with Gasteiger partial charge in [0.05, 0.1) is 13.7 Å². The van der Waals surface area contributed by atoms with Gasteiger partial charge in [0.2, 0.25) is 0 Å². The van der Waals surface area contributed by atoms with Crippen LogP contribution in [0, 0.1) is 0 Å². The minimum Gasteiger partial charge on any atom is -0.468 e. The molecule has 1 aliphatic heterocycles. The van der Waals surface area contributed by atoms with E-state index in [4.69, 9.17) is 4.74 Å². The lowest BCUT2D eigenvalue weighted by Crippen LogP contribution is -2.44. The van der Waals surface area contributed by atoms with Gasteiger partial charge in [0.1, 0.15) is 11.0 Å². The van der Waals surface area contributed by atoms with E-state index in [0.717, 1.165) is 29.6 Å². The van der Waals surface area contributed by atoms with Gasteiger partial charge in [-0.1, -0.05) is 6.42 Å². The molecule has 0 radical (unpaired) electrons. The smallest absolute Gasteiger partial charge is 0.434 e. The van der Waals surface area contributed by atoms with Crippen LogP contribution in [0.2, 0.25) is 0 Å². The number of halogens is 3.